The number of nitrogens with one attached hydrogen (secondary N) is 5. The minimum atomic E-state index is -0.292. The minimum absolute atomic E-state index is 0.0718. The largest absolute Gasteiger partial charge is 0.360 e. The Morgan fingerprint density at radius 2 is 0.896 bits per heavy atom. The van der Waals surface area contributed by atoms with Crippen molar-refractivity contribution in [3.05, 3.63) is 310 Å². The lowest BCUT2D eigenvalue weighted by atomic mass is 10.1. The number of pyridine rings is 3. The van der Waals surface area contributed by atoms with E-state index < -0.39 is 0 Å². The highest BCUT2D eigenvalue weighted by Gasteiger charge is 2.27. The molecule has 2 fully saturated rings. The van der Waals surface area contributed by atoms with Gasteiger partial charge >= 0.3 is 0 Å². The summed E-state index contributed by atoms with van der Waals surface area (Å²) < 4.78 is 24.5. The molecule has 5 N–H and O–H groups in total. The number of halogens is 1. The summed E-state index contributed by atoms with van der Waals surface area (Å²) in [7, 11) is 0. The summed E-state index contributed by atoms with van der Waals surface area (Å²) in [6.45, 7) is 7.49. The van der Waals surface area contributed by atoms with E-state index in [1.54, 1.807) is 79.2 Å². The first-order chi connectivity index (χ1) is 56.5. The quantitative estimate of drug-likeness (QED) is 0.0600. The zero-order valence-corrected chi connectivity index (χ0v) is 63.5. The molecule has 0 aliphatic carbocycles. The number of hydrogen-bond donors (Lipinski definition) is 5. The number of aromatic amines is 2. The highest BCUT2D eigenvalue weighted by Crippen LogP contribution is 2.35. The van der Waals surface area contributed by atoms with Gasteiger partial charge in [-0.2, -0.15) is 15.3 Å². The highest BCUT2D eigenvalue weighted by atomic mass is 35.5. The van der Waals surface area contributed by atoms with E-state index >= 15 is 0 Å². The number of aromatic nitrogens is 21. The fourth-order valence-corrected chi connectivity index (χ4v) is 15.2. The predicted octanol–water partition coefficient (Wildman–Crippen LogP) is 15.3. The molecule has 0 spiro atoms. The van der Waals surface area contributed by atoms with Crippen LogP contribution in [0.1, 0.15) is 107 Å². The van der Waals surface area contributed by atoms with Crippen molar-refractivity contribution in [1.29, 1.82) is 0 Å². The third kappa shape index (κ3) is 15.0. The number of imidazole rings is 3. The fourth-order valence-electron chi connectivity index (χ4n) is 14.9. The van der Waals surface area contributed by atoms with E-state index in [2.05, 4.69) is 92.3 Å². The SMILES string of the molecule is C[C@H](Nc1ncnc2c1ncn2C1CCCCO1)c1cc2cccc(-n3cccn3)c2c(=O)n1-c1ccccc1.C[C@H](Nc1ncnc2c1ncn2C1CCCCO1)c1cc2cccc(Cl)c2c(=O)n1-c1ccccc1.C[C@H](Nc1ncnc2nc[nH]c12)c1cc2cccc(-n3cccn3)c2c(=O)n1-c1ccccc1.c1cn[nH]c1. The van der Waals surface area contributed by atoms with Gasteiger partial charge in [0.15, 0.2) is 45.4 Å². The number of fused-ring (bicyclic) bond motifs is 6. The third-order valence-electron chi connectivity index (χ3n) is 20.3. The van der Waals surface area contributed by atoms with Gasteiger partial charge in [0.2, 0.25) is 0 Å². The standard InChI is InChI=1S/C30H28N8O2.C27H25ClN6O2.C25H20N8O.C3H4N2/c1-20(35-28-27-29(32-18-31-28)36(19-33-27)25-13-5-6-16-40-25)24-17-21-9-7-12-23(37-15-8-14-34-37)26(21)30(39)38(24)22-10-3-2-4-11-22;1-17(32-25-24-26(30-15-29-25)33(16-31-24)22-12-5-6-13-36-22)21-14-18-8-7-11-20(28)23(18)27(35)34(21)19-9-3-2-4-10-19;1-16(31-24-22-23(27-14-26-22)28-15-29-24)20-13-17-7-5-10-19(32-12-6-11-30-32)21(17)25(34)33(20)18-8-3-2-4-9-18;1-2-4-5-3-1/h2-4,7-12,14-15,17-20,25H,5-6,13,16H2,1H3,(H,31,32,35);2-4,7-11,14-17,22H,5-6,12-13H2,1H3,(H,29,30,32);2-16H,1H3,(H2,26,27,28,29,31);1-3H,(H,4,5)/t20-,25?;17-,22?;16-;/m000./s1. The van der Waals surface area contributed by atoms with Crippen molar-refractivity contribution in [3.63, 3.8) is 0 Å². The Morgan fingerprint density at radius 1 is 0.452 bits per heavy atom. The molecule has 14 heterocycles. The van der Waals surface area contributed by atoms with Crippen LogP contribution in [0.15, 0.2) is 272 Å². The molecule has 20 rings (SSSR count). The summed E-state index contributed by atoms with van der Waals surface area (Å²) in [6.07, 6.45) is 26.3. The third-order valence-corrected chi connectivity index (χ3v) is 20.7. The van der Waals surface area contributed by atoms with Crippen LogP contribution in [0.4, 0.5) is 17.5 Å². The maximum absolute atomic E-state index is 14.3. The Bertz CT molecular complexity index is 6580. The number of H-pyrrole nitrogens is 2. The second-order valence-electron chi connectivity index (χ2n) is 27.6. The van der Waals surface area contributed by atoms with Crippen LogP contribution in [0, 0.1) is 0 Å². The molecule has 574 valence electrons. The lowest BCUT2D eigenvalue weighted by Gasteiger charge is -2.24. The van der Waals surface area contributed by atoms with Gasteiger partial charge in [-0.3, -0.25) is 42.3 Å². The average Bonchev–Trinajstić information content (AvgIpc) is 1.01. The number of nitrogens with zero attached hydrogens (tertiary/aromatic N) is 19. The van der Waals surface area contributed by atoms with Gasteiger partial charge in [0.05, 0.1) is 69.7 Å². The first-order valence-corrected chi connectivity index (χ1v) is 38.2. The molecule has 12 aromatic heterocycles. The summed E-state index contributed by atoms with van der Waals surface area (Å²) in [5, 5.41) is 29.9. The summed E-state index contributed by atoms with van der Waals surface area (Å²) in [5.74, 6) is 1.82. The Hall–Kier alpha value is -14.2. The van der Waals surface area contributed by atoms with Crippen molar-refractivity contribution < 1.29 is 9.47 Å². The molecule has 2 unspecified atom stereocenters. The van der Waals surface area contributed by atoms with E-state index in [1.165, 1.54) is 12.7 Å². The van der Waals surface area contributed by atoms with Gasteiger partial charge in [-0.1, -0.05) is 103 Å². The van der Waals surface area contributed by atoms with Crippen LogP contribution in [0.2, 0.25) is 5.02 Å². The summed E-state index contributed by atoms with van der Waals surface area (Å²) in [4.78, 5) is 85.1. The van der Waals surface area contributed by atoms with Gasteiger partial charge in [0.25, 0.3) is 16.7 Å². The molecule has 0 radical (unpaired) electrons. The molecule has 0 bridgehead atoms. The maximum Gasteiger partial charge on any atom is 0.265 e. The van der Waals surface area contributed by atoms with Crippen LogP contribution in [0.25, 0.3) is 94.2 Å². The van der Waals surface area contributed by atoms with E-state index in [4.69, 9.17) is 21.1 Å². The molecule has 115 heavy (non-hydrogen) atoms. The second kappa shape index (κ2) is 33.0. The van der Waals surface area contributed by atoms with Crippen molar-refractivity contribution in [2.75, 3.05) is 29.2 Å². The first kappa shape index (κ1) is 73.6. The number of benzene rings is 6. The summed E-state index contributed by atoms with van der Waals surface area (Å²) >= 11 is 6.45. The lowest BCUT2D eigenvalue weighted by Crippen LogP contribution is -2.26. The van der Waals surface area contributed by atoms with Crippen LogP contribution in [0.5, 0.6) is 0 Å². The predicted molar refractivity (Wildman–Crippen MR) is 443 cm³/mol. The topological polar surface area (TPSA) is 327 Å². The number of para-hydroxylation sites is 3. The average molecular weight is 1550 g/mol. The Morgan fingerprint density at radius 3 is 1.32 bits per heavy atom. The zero-order chi connectivity index (χ0) is 78.3. The van der Waals surface area contributed by atoms with E-state index in [1.807, 2.05) is 212 Å². The van der Waals surface area contributed by atoms with Gasteiger partial charge in [-0.25, -0.2) is 54.2 Å². The molecule has 29 nitrogen and oxygen atoms in total. The molecular weight excluding hydrogens is 1470 g/mol. The van der Waals surface area contributed by atoms with Gasteiger partial charge in [-0.05, 0) is 166 Å². The van der Waals surface area contributed by atoms with E-state index in [0.717, 1.165) is 125 Å². The van der Waals surface area contributed by atoms with Gasteiger partial charge in [-0.15, -0.1) is 0 Å². The first-order valence-electron chi connectivity index (χ1n) is 37.8. The van der Waals surface area contributed by atoms with Crippen LogP contribution in [-0.2, 0) is 9.47 Å². The molecule has 18 aromatic rings. The Labute approximate surface area is 661 Å². The van der Waals surface area contributed by atoms with E-state index in [9.17, 15) is 14.4 Å². The van der Waals surface area contributed by atoms with Crippen LogP contribution in [-0.4, -0.2) is 116 Å². The molecule has 6 aromatic carbocycles. The number of ether oxygens (including phenoxy) is 2. The summed E-state index contributed by atoms with van der Waals surface area (Å²) in [6, 6.07) is 56.8. The minimum Gasteiger partial charge on any atom is -0.360 e. The highest BCUT2D eigenvalue weighted by molar-refractivity contribution is 6.35. The molecule has 30 heteroatoms. The second-order valence-corrected chi connectivity index (χ2v) is 28.1. The number of hydrogen-bond acceptors (Lipinski definition) is 20. The number of anilines is 3. The fraction of sp³-hybridized carbons (Fsp3) is 0.188. The molecule has 5 atom stereocenters. The molecule has 2 saturated heterocycles. The van der Waals surface area contributed by atoms with E-state index in [0.29, 0.717) is 60.8 Å². The van der Waals surface area contributed by atoms with Crippen molar-refractivity contribution in [2.24, 2.45) is 0 Å². The van der Waals surface area contributed by atoms with Crippen LogP contribution < -0.4 is 32.6 Å². The monoisotopic (exact) mass is 1550 g/mol. The smallest absolute Gasteiger partial charge is 0.265 e. The van der Waals surface area contributed by atoms with Crippen LogP contribution in [0.3, 0.4) is 0 Å². The lowest BCUT2D eigenvalue weighted by molar-refractivity contribution is -0.0299. The van der Waals surface area contributed by atoms with Gasteiger partial charge < -0.3 is 30.4 Å². The molecule has 2 aliphatic heterocycles. The van der Waals surface area contributed by atoms with Gasteiger partial charge in [0.1, 0.15) is 37.0 Å². The van der Waals surface area contributed by atoms with Crippen molar-refractivity contribution >= 4 is 94.9 Å². The Balaban J connectivity index is 0.000000121. The van der Waals surface area contributed by atoms with Crippen molar-refractivity contribution in [1.82, 2.24) is 102 Å². The molecule has 0 saturated carbocycles. The summed E-state index contributed by atoms with van der Waals surface area (Å²) in [5.41, 5.74) is 9.82. The maximum atomic E-state index is 14.3. The zero-order valence-electron chi connectivity index (χ0n) is 62.7. The van der Waals surface area contributed by atoms with Crippen molar-refractivity contribution in [2.45, 2.75) is 89.9 Å². The molecule has 0 amide bonds. The Kier molecular flexibility index (Phi) is 21.1. The van der Waals surface area contributed by atoms with Gasteiger partial charge in [0, 0.05) is 84.5 Å². The van der Waals surface area contributed by atoms with Crippen LogP contribution >= 0.6 is 11.6 Å². The van der Waals surface area contributed by atoms with Crippen molar-refractivity contribution in [3.8, 4) is 28.4 Å². The van der Waals surface area contributed by atoms with E-state index in [-0.39, 0.29) is 47.3 Å². The molecular formula is C85H77ClN24O5. The normalized spacial score (nSPS) is 15.0. The number of rotatable bonds is 16. The molecule has 2 aliphatic rings.